The van der Waals surface area contributed by atoms with Crippen LogP contribution in [0.25, 0.3) is 0 Å². The molecule has 0 saturated heterocycles. The molecule has 1 N–H and O–H groups in total. The van der Waals surface area contributed by atoms with Gasteiger partial charge in [-0.25, -0.2) is 0 Å². The predicted molar refractivity (Wildman–Crippen MR) is 68.5 cm³/mol. The normalized spacial score (nSPS) is 16.6. The van der Waals surface area contributed by atoms with E-state index in [2.05, 4.69) is 36.9 Å². The van der Waals surface area contributed by atoms with Gasteiger partial charge in [-0.15, -0.1) is 0 Å². The van der Waals surface area contributed by atoms with Crippen LogP contribution in [0.3, 0.4) is 0 Å². The van der Waals surface area contributed by atoms with Gasteiger partial charge in [-0.1, -0.05) is 17.7 Å². The molecule has 0 heterocycles. The molecule has 17 heavy (non-hydrogen) atoms. The van der Waals surface area contributed by atoms with E-state index in [4.69, 9.17) is 0 Å². The molecule has 1 fully saturated rings. The molecule has 2 rings (SSSR count). The molecule has 92 valence electrons. The zero-order chi connectivity index (χ0) is 12.6. The van der Waals surface area contributed by atoms with Crippen LogP contribution in [0.15, 0.2) is 18.2 Å². The van der Waals surface area contributed by atoms with Crippen LogP contribution in [0.2, 0.25) is 0 Å². The number of carboxylic acid groups (broad SMARTS) is 1. The predicted octanol–water partition coefficient (Wildman–Crippen LogP) is 2.60. The second kappa shape index (κ2) is 4.06. The summed E-state index contributed by atoms with van der Waals surface area (Å²) in [5, 5.41) is 9.19. The number of rotatable bonds is 4. The highest BCUT2D eigenvalue weighted by Crippen LogP contribution is 2.47. The van der Waals surface area contributed by atoms with Crippen molar-refractivity contribution < 1.29 is 9.90 Å². The Morgan fingerprint density at radius 1 is 1.41 bits per heavy atom. The number of carbonyl (C=O) groups is 1. The Labute approximate surface area is 102 Å². The molecule has 0 spiro atoms. The highest BCUT2D eigenvalue weighted by atomic mass is 16.4. The summed E-state index contributed by atoms with van der Waals surface area (Å²) in [5.74, 6) is -0.658. The Balaban J connectivity index is 2.15. The molecule has 1 saturated carbocycles. The number of carboxylic acids is 1. The number of benzene rings is 1. The fraction of sp³-hybridized carbons (Fsp3) is 0.500. The van der Waals surface area contributed by atoms with Crippen LogP contribution in [-0.2, 0) is 4.79 Å². The van der Waals surface area contributed by atoms with Crippen molar-refractivity contribution in [3.05, 3.63) is 29.3 Å². The first-order valence-electron chi connectivity index (χ1n) is 5.96. The topological polar surface area (TPSA) is 40.5 Å². The van der Waals surface area contributed by atoms with Crippen molar-refractivity contribution in [3.63, 3.8) is 0 Å². The van der Waals surface area contributed by atoms with Crippen molar-refractivity contribution in [2.75, 3.05) is 18.5 Å². The molecule has 1 aromatic carbocycles. The Morgan fingerprint density at radius 2 is 2.06 bits per heavy atom. The molecule has 0 aliphatic heterocycles. The quantitative estimate of drug-likeness (QED) is 0.869. The van der Waals surface area contributed by atoms with E-state index < -0.39 is 11.4 Å². The third kappa shape index (κ3) is 2.28. The van der Waals surface area contributed by atoms with Crippen LogP contribution in [0.4, 0.5) is 5.69 Å². The van der Waals surface area contributed by atoms with Gasteiger partial charge in [0.2, 0.25) is 0 Å². The first-order valence-corrected chi connectivity index (χ1v) is 5.96. The summed E-state index contributed by atoms with van der Waals surface area (Å²) < 4.78 is 0. The summed E-state index contributed by atoms with van der Waals surface area (Å²) in [4.78, 5) is 13.2. The summed E-state index contributed by atoms with van der Waals surface area (Å²) in [5.41, 5.74) is 3.07. The van der Waals surface area contributed by atoms with Crippen molar-refractivity contribution in [3.8, 4) is 0 Å². The molecular formula is C14H19NO2. The zero-order valence-corrected chi connectivity index (χ0v) is 10.7. The average Bonchev–Trinajstić information content (AvgIpc) is 2.98. The van der Waals surface area contributed by atoms with Crippen molar-refractivity contribution >= 4 is 11.7 Å². The van der Waals surface area contributed by atoms with Crippen LogP contribution >= 0.6 is 0 Å². The Kier molecular flexibility index (Phi) is 2.86. The minimum absolute atomic E-state index is 0.494. The lowest BCUT2D eigenvalue weighted by molar-refractivity contribution is -0.142. The fourth-order valence-corrected chi connectivity index (χ4v) is 2.36. The molecule has 0 unspecified atom stereocenters. The van der Waals surface area contributed by atoms with Gasteiger partial charge in [-0.2, -0.15) is 0 Å². The van der Waals surface area contributed by atoms with Crippen molar-refractivity contribution in [2.24, 2.45) is 5.41 Å². The van der Waals surface area contributed by atoms with Gasteiger partial charge in [0.1, 0.15) is 0 Å². The maximum absolute atomic E-state index is 11.2. The number of anilines is 1. The first-order chi connectivity index (χ1) is 7.94. The molecule has 0 amide bonds. The summed E-state index contributed by atoms with van der Waals surface area (Å²) in [6.45, 7) is 4.74. The maximum Gasteiger partial charge on any atom is 0.311 e. The molecule has 1 aliphatic rings. The Morgan fingerprint density at radius 3 is 2.53 bits per heavy atom. The maximum atomic E-state index is 11.2. The minimum atomic E-state index is -0.658. The van der Waals surface area contributed by atoms with E-state index in [0.717, 1.165) is 18.5 Å². The zero-order valence-electron chi connectivity index (χ0n) is 10.7. The van der Waals surface area contributed by atoms with Crippen molar-refractivity contribution in [1.29, 1.82) is 0 Å². The Bertz CT molecular complexity index is 450. The molecule has 1 aliphatic carbocycles. The smallest absolute Gasteiger partial charge is 0.311 e. The molecule has 0 radical (unpaired) electrons. The van der Waals surface area contributed by atoms with Gasteiger partial charge in [0.25, 0.3) is 0 Å². The number of hydrogen-bond donors (Lipinski definition) is 1. The molecule has 3 heteroatoms. The Hall–Kier alpha value is -1.51. The molecular weight excluding hydrogens is 214 g/mol. The van der Waals surface area contributed by atoms with Gasteiger partial charge in [0.15, 0.2) is 0 Å². The monoisotopic (exact) mass is 233 g/mol. The largest absolute Gasteiger partial charge is 0.481 e. The second-order valence-electron chi connectivity index (χ2n) is 5.23. The van der Waals surface area contributed by atoms with Gasteiger partial charge in [0, 0.05) is 19.3 Å². The standard InChI is InChI=1S/C14H19NO2/c1-10-4-5-12(11(2)8-10)15(3)9-14(6-7-14)13(16)17/h4-5,8H,6-7,9H2,1-3H3,(H,16,17). The van der Waals surface area contributed by atoms with Gasteiger partial charge < -0.3 is 10.0 Å². The van der Waals surface area contributed by atoms with Crippen LogP contribution in [0.1, 0.15) is 24.0 Å². The fourth-order valence-electron chi connectivity index (χ4n) is 2.36. The summed E-state index contributed by atoms with van der Waals surface area (Å²) in [7, 11) is 1.97. The van der Waals surface area contributed by atoms with Crippen molar-refractivity contribution in [2.45, 2.75) is 26.7 Å². The molecule has 1 aromatic rings. The van der Waals surface area contributed by atoms with Crippen molar-refractivity contribution in [1.82, 2.24) is 0 Å². The summed E-state index contributed by atoms with van der Waals surface area (Å²) in [6, 6.07) is 6.27. The molecule has 0 bridgehead atoms. The van der Waals surface area contributed by atoms with E-state index in [1.54, 1.807) is 0 Å². The van der Waals surface area contributed by atoms with Gasteiger partial charge in [-0.3, -0.25) is 4.79 Å². The number of aryl methyl sites for hydroxylation is 2. The minimum Gasteiger partial charge on any atom is -0.481 e. The summed E-state index contributed by atoms with van der Waals surface area (Å²) >= 11 is 0. The van der Waals surface area contributed by atoms with Gasteiger partial charge in [0.05, 0.1) is 5.41 Å². The van der Waals surface area contributed by atoms with E-state index >= 15 is 0 Å². The number of nitrogens with zero attached hydrogens (tertiary/aromatic N) is 1. The highest BCUT2D eigenvalue weighted by molar-refractivity contribution is 5.79. The van der Waals surface area contributed by atoms with Gasteiger partial charge >= 0.3 is 5.97 Å². The van der Waals surface area contributed by atoms with Crippen LogP contribution in [0, 0.1) is 19.3 Å². The van der Waals surface area contributed by atoms with E-state index in [1.165, 1.54) is 11.1 Å². The lowest BCUT2D eigenvalue weighted by Crippen LogP contribution is -2.32. The van der Waals surface area contributed by atoms with E-state index in [-0.39, 0.29) is 0 Å². The van der Waals surface area contributed by atoms with E-state index in [1.807, 2.05) is 7.05 Å². The van der Waals surface area contributed by atoms with E-state index in [9.17, 15) is 9.90 Å². The van der Waals surface area contributed by atoms with Crippen LogP contribution in [0.5, 0.6) is 0 Å². The van der Waals surface area contributed by atoms with Crippen LogP contribution in [-0.4, -0.2) is 24.7 Å². The number of hydrogen-bond acceptors (Lipinski definition) is 2. The third-order valence-corrected chi connectivity index (χ3v) is 3.61. The third-order valence-electron chi connectivity index (χ3n) is 3.61. The molecule has 3 nitrogen and oxygen atoms in total. The SMILES string of the molecule is Cc1ccc(N(C)CC2(C(=O)O)CC2)c(C)c1. The lowest BCUT2D eigenvalue weighted by atomic mass is 10.1. The summed E-state index contributed by atoms with van der Waals surface area (Å²) in [6.07, 6.45) is 1.61. The average molecular weight is 233 g/mol. The number of aliphatic carboxylic acids is 1. The first kappa shape index (κ1) is 12.0. The second-order valence-corrected chi connectivity index (χ2v) is 5.23. The molecule has 0 atom stereocenters. The highest BCUT2D eigenvalue weighted by Gasteiger charge is 2.50. The van der Waals surface area contributed by atoms with E-state index in [0.29, 0.717) is 6.54 Å². The molecule has 0 aromatic heterocycles. The van der Waals surface area contributed by atoms with Crippen LogP contribution < -0.4 is 4.90 Å². The lowest BCUT2D eigenvalue weighted by Gasteiger charge is -2.25. The van der Waals surface area contributed by atoms with Gasteiger partial charge in [-0.05, 0) is 38.3 Å².